The summed E-state index contributed by atoms with van der Waals surface area (Å²) in [7, 11) is 0. The van der Waals surface area contributed by atoms with Crippen molar-refractivity contribution < 1.29 is 29.2 Å². The summed E-state index contributed by atoms with van der Waals surface area (Å²) in [6.45, 7) is 0. The molecule has 0 bridgehead atoms. The van der Waals surface area contributed by atoms with Crippen LogP contribution in [0.2, 0.25) is 5.02 Å². The van der Waals surface area contributed by atoms with Crippen LogP contribution in [0, 0.1) is 11.7 Å². The third-order valence-corrected chi connectivity index (χ3v) is 6.77. The Morgan fingerprint density at radius 2 is 1.84 bits per heavy atom. The van der Waals surface area contributed by atoms with Gasteiger partial charge in [-0.3, -0.25) is 9.78 Å². The number of rotatable bonds is 4. The zero-order chi connectivity index (χ0) is 22.7. The van der Waals surface area contributed by atoms with Gasteiger partial charge in [0, 0.05) is 24.1 Å². The monoisotopic (exact) mass is 455 g/mol. The van der Waals surface area contributed by atoms with E-state index in [1.807, 2.05) is 6.07 Å². The van der Waals surface area contributed by atoms with E-state index in [1.165, 1.54) is 36.5 Å². The zero-order valence-electron chi connectivity index (χ0n) is 16.7. The van der Waals surface area contributed by atoms with Gasteiger partial charge in [-0.25, -0.2) is 4.39 Å². The predicted molar refractivity (Wildman–Crippen MR) is 113 cm³/mol. The molecule has 2 aliphatic rings. The van der Waals surface area contributed by atoms with Crippen LogP contribution in [0.15, 0.2) is 66.9 Å². The summed E-state index contributed by atoms with van der Waals surface area (Å²) in [5, 5.41) is 33.5. The van der Waals surface area contributed by atoms with Crippen LogP contribution in [0.4, 0.5) is 4.39 Å². The molecule has 3 aromatic rings. The molecule has 0 saturated heterocycles. The van der Waals surface area contributed by atoms with E-state index in [9.17, 15) is 24.5 Å². The quantitative estimate of drug-likeness (QED) is 0.556. The number of ether oxygens (including phenoxy) is 1. The van der Waals surface area contributed by atoms with E-state index in [1.54, 1.807) is 24.3 Å². The molecule has 164 valence electrons. The number of nitrogens with zero attached hydrogens (tertiary/aromatic N) is 1. The van der Waals surface area contributed by atoms with E-state index >= 15 is 0 Å². The fourth-order valence-electron chi connectivity index (χ4n) is 5.40. The number of hydrogen-bond acceptors (Lipinski definition) is 5. The molecule has 0 unspecified atom stereocenters. The average Bonchev–Trinajstić information content (AvgIpc) is 3.12. The molecule has 6 nitrogen and oxygen atoms in total. The van der Waals surface area contributed by atoms with E-state index in [2.05, 4.69) is 4.98 Å². The van der Waals surface area contributed by atoms with Crippen molar-refractivity contribution in [1.29, 1.82) is 0 Å². The van der Waals surface area contributed by atoms with Crippen LogP contribution in [0.25, 0.3) is 0 Å². The van der Waals surface area contributed by atoms with Gasteiger partial charge in [0.15, 0.2) is 11.2 Å². The van der Waals surface area contributed by atoms with Crippen LogP contribution in [0.1, 0.15) is 29.2 Å². The molecule has 5 rings (SSSR count). The topological polar surface area (TPSA) is 99.9 Å². The maximum atomic E-state index is 13.8. The molecule has 8 heteroatoms. The Balaban J connectivity index is 1.84. The number of carbonyl (C=O) groups is 1. The van der Waals surface area contributed by atoms with Gasteiger partial charge in [0.25, 0.3) is 0 Å². The van der Waals surface area contributed by atoms with Gasteiger partial charge in [-0.1, -0.05) is 54.1 Å². The van der Waals surface area contributed by atoms with Crippen LogP contribution in [-0.4, -0.2) is 32.4 Å². The molecule has 2 aromatic carbocycles. The van der Waals surface area contributed by atoms with E-state index in [0.717, 1.165) is 0 Å². The Morgan fingerprint density at radius 1 is 1.16 bits per heavy atom. The number of halogens is 2. The second-order valence-electron chi connectivity index (χ2n) is 8.21. The Kier molecular flexibility index (Phi) is 4.74. The third kappa shape index (κ3) is 2.71. The second-order valence-corrected chi connectivity index (χ2v) is 8.64. The summed E-state index contributed by atoms with van der Waals surface area (Å²) in [5.41, 5.74) is -2.66. The molecule has 0 radical (unpaired) electrons. The van der Waals surface area contributed by atoms with Crippen molar-refractivity contribution in [3.63, 3.8) is 0 Å². The van der Waals surface area contributed by atoms with Gasteiger partial charge in [-0.2, -0.15) is 0 Å². The lowest BCUT2D eigenvalue weighted by Gasteiger charge is -2.40. The first kappa shape index (κ1) is 20.9. The van der Waals surface area contributed by atoms with E-state index in [4.69, 9.17) is 16.3 Å². The van der Waals surface area contributed by atoms with Crippen molar-refractivity contribution in [2.24, 2.45) is 5.92 Å². The first-order valence-corrected chi connectivity index (χ1v) is 10.4. The molecule has 1 aliphatic heterocycles. The standard InChI is InChI=1S/C24H19ClFNO5/c25-15-10-18-21(27-12-15)23(31)22(30)17(11-19(28)29)20(13-4-2-1-3-5-13)24(23,32-18)14-6-8-16(26)9-7-14/h1-10,12,17,20,22,30-31H,11H2,(H,28,29)/t17-,20-,22-,23+,24+/m1/s1. The third-order valence-electron chi connectivity index (χ3n) is 6.56. The first-order valence-electron chi connectivity index (χ1n) is 10.1. The van der Waals surface area contributed by atoms with Gasteiger partial charge < -0.3 is 20.1 Å². The molecular weight excluding hydrogens is 437 g/mol. The number of aliphatic hydroxyl groups is 2. The van der Waals surface area contributed by atoms with Crippen molar-refractivity contribution in [2.45, 2.75) is 29.6 Å². The zero-order valence-corrected chi connectivity index (χ0v) is 17.4. The Labute approximate surface area is 187 Å². The Hall–Kier alpha value is -3.00. The summed E-state index contributed by atoms with van der Waals surface area (Å²) in [5.74, 6) is -3.15. The molecule has 2 heterocycles. The van der Waals surface area contributed by atoms with Crippen molar-refractivity contribution >= 4 is 17.6 Å². The van der Waals surface area contributed by atoms with Gasteiger partial charge in [-0.05, 0) is 23.3 Å². The SMILES string of the molecule is O=C(O)C[C@H]1[C@@H](O)[C@@]2(O)c3ncc(Cl)cc3O[C@@]2(c2ccc(F)cc2)[C@@H]1c1ccccc1. The van der Waals surface area contributed by atoms with Crippen LogP contribution in [0.5, 0.6) is 5.75 Å². The molecule has 0 spiro atoms. The lowest BCUT2D eigenvalue weighted by Crippen LogP contribution is -2.52. The maximum absolute atomic E-state index is 13.8. The number of hydrogen-bond donors (Lipinski definition) is 3. The number of carboxylic acid groups (broad SMARTS) is 1. The molecule has 1 fully saturated rings. The van der Waals surface area contributed by atoms with Gasteiger partial charge in [0.2, 0.25) is 0 Å². The van der Waals surface area contributed by atoms with Crippen LogP contribution in [0.3, 0.4) is 0 Å². The summed E-state index contributed by atoms with van der Waals surface area (Å²) >= 11 is 6.11. The molecule has 1 aliphatic carbocycles. The van der Waals surface area contributed by atoms with Gasteiger partial charge in [0.05, 0.1) is 17.5 Å². The lowest BCUT2D eigenvalue weighted by molar-refractivity contribution is -0.155. The molecule has 1 aromatic heterocycles. The highest BCUT2D eigenvalue weighted by Crippen LogP contribution is 2.68. The van der Waals surface area contributed by atoms with Gasteiger partial charge in [-0.15, -0.1) is 0 Å². The molecule has 3 N–H and O–H groups in total. The second kappa shape index (κ2) is 7.27. The minimum absolute atomic E-state index is 0.0625. The van der Waals surface area contributed by atoms with Crippen LogP contribution in [-0.2, 0) is 16.0 Å². The number of pyridine rings is 1. The number of fused-ring (bicyclic) bond motifs is 3. The molecule has 0 amide bonds. The Bertz CT molecular complexity index is 1190. The average molecular weight is 456 g/mol. The van der Waals surface area contributed by atoms with E-state index in [-0.39, 0.29) is 16.5 Å². The van der Waals surface area contributed by atoms with Crippen molar-refractivity contribution in [1.82, 2.24) is 4.98 Å². The maximum Gasteiger partial charge on any atom is 0.303 e. The lowest BCUT2D eigenvalue weighted by atomic mass is 9.71. The first-order chi connectivity index (χ1) is 15.3. The van der Waals surface area contributed by atoms with Crippen molar-refractivity contribution in [3.05, 3.63) is 94.5 Å². The van der Waals surface area contributed by atoms with Crippen molar-refractivity contribution in [3.8, 4) is 5.75 Å². The van der Waals surface area contributed by atoms with Crippen molar-refractivity contribution in [2.75, 3.05) is 0 Å². The van der Waals surface area contributed by atoms with E-state index in [0.29, 0.717) is 11.1 Å². The Morgan fingerprint density at radius 3 is 2.50 bits per heavy atom. The fraction of sp³-hybridized carbons (Fsp3) is 0.250. The predicted octanol–water partition coefficient (Wildman–Crippen LogP) is 3.60. The van der Waals surface area contributed by atoms with E-state index < -0.39 is 47.3 Å². The highest BCUT2D eigenvalue weighted by atomic mass is 35.5. The molecule has 1 saturated carbocycles. The number of carboxylic acids is 1. The number of aromatic nitrogens is 1. The normalized spacial score (nSPS) is 30.4. The molecule has 32 heavy (non-hydrogen) atoms. The van der Waals surface area contributed by atoms with Gasteiger partial charge in [0.1, 0.15) is 17.3 Å². The minimum Gasteiger partial charge on any atom is -0.481 e. The fourth-order valence-corrected chi connectivity index (χ4v) is 5.54. The highest BCUT2D eigenvalue weighted by Gasteiger charge is 2.76. The summed E-state index contributed by atoms with van der Waals surface area (Å²) in [4.78, 5) is 16.0. The number of aliphatic carboxylic acids is 1. The van der Waals surface area contributed by atoms with Gasteiger partial charge >= 0.3 is 5.97 Å². The largest absolute Gasteiger partial charge is 0.481 e. The number of aliphatic hydroxyl groups excluding tert-OH is 1. The van der Waals surface area contributed by atoms with Crippen LogP contribution < -0.4 is 4.74 Å². The van der Waals surface area contributed by atoms with Crippen LogP contribution >= 0.6 is 11.6 Å². The summed E-state index contributed by atoms with van der Waals surface area (Å²) < 4.78 is 20.2. The summed E-state index contributed by atoms with van der Waals surface area (Å²) in [6.07, 6.45) is -0.626. The summed E-state index contributed by atoms with van der Waals surface area (Å²) in [6, 6.07) is 15.9. The highest BCUT2D eigenvalue weighted by molar-refractivity contribution is 6.30. The number of benzene rings is 2. The minimum atomic E-state index is -2.11. The smallest absolute Gasteiger partial charge is 0.303 e. The molecule has 5 atom stereocenters. The molecular formula is C24H19ClFNO5.